The van der Waals surface area contributed by atoms with Crippen LogP contribution in [0.25, 0.3) is 0 Å². The van der Waals surface area contributed by atoms with Gasteiger partial charge in [0.25, 0.3) is 5.91 Å². The van der Waals surface area contributed by atoms with Gasteiger partial charge in [0, 0.05) is 29.2 Å². The third-order valence-corrected chi connectivity index (χ3v) is 5.21. The zero-order valence-corrected chi connectivity index (χ0v) is 14.6. The maximum atomic E-state index is 12.7. The van der Waals surface area contributed by atoms with Crippen molar-refractivity contribution in [2.45, 2.75) is 37.8 Å². The fourth-order valence-corrected chi connectivity index (χ4v) is 3.45. The summed E-state index contributed by atoms with van der Waals surface area (Å²) in [7, 11) is 0. The minimum Gasteiger partial charge on any atom is -0.350 e. The van der Waals surface area contributed by atoms with Gasteiger partial charge in [0.05, 0.1) is 0 Å². The number of nitrogens with zero attached hydrogens (tertiary/aromatic N) is 1. The van der Waals surface area contributed by atoms with Crippen LogP contribution in [-0.4, -0.2) is 41.9 Å². The summed E-state index contributed by atoms with van der Waals surface area (Å²) in [6.07, 6.45) is 3.84. The van der Waals surface area contributed by atoms with Crippen molar-refractivity contribution in [3.63, 3.8) is 0 Å². The number of benzene rings is 1. The standard InChI is InChI=1S/C17H22BrN3O2/c18-13-7-5-12(6-8-13)17(23)21-9-1-2-15(21)16(22)20-14(10-19)11-3-4-11/h5-8,11,14-15H,1-4,9-10,19H2,(H,20,22). The van der Waals surface area contributed by atoms with E-state index in [4.69, 9.17) is 5.73 Å². The summed E-state index contributed by atoms with van der Waals surface area (Å²) in [5.41, 5.74) is 6.38. The van der Waals surface area contributed by atoms with Gasteiger partial charge in [0.2, 0.25) is 5.91 Å². The lowest BCUT2D eigenvalue weighted by molar-refractivity contribution is -0.125. The number of halogens is 1. The van der Waals surface area contributed by atoms with Gasteiger partial charge in [0.1, 0.15) is 6.04 Å². The average Bonchev–Trinajstić information content (AvgIpc) is 3.28. The molecule has 3 rings (SSSR count). The highest BCUT2D eigenvalue weighted by atomic mass is 79.9. The molecule has 1 saturated heterocycles. The summed E-state index contributed by atoms with van der Waals surface area (Å²) >= 11 is 3.37. The molecule has 0 bridgehead atoms. The molecule has 2 atom stereocenters. The van der Waals surface area contributed by atoms with Gasteiger partial charge in [-0.1, -0.05) is 15.9 Å². The molecule has 6 heteroatoms. The van der Waals surface area contributed by atoms with E-state index in [1.165, 1.54) is 0 Å². The van der Waals surface area contributed by atoms with Gasteiger partial charge in [-0.2, -0.15) is 0 Å². The third-order valence-electron chi connectivity index (χ3n) is 4.68. The molecule has 1 aliphatic heterocycles. The summed E-state index contributed by atoms with van der Waals surface area (Å²) in [4.78, 5) is 27.0. The molecule has 2 unspecified atom stereocenters. The number of carbonyl (C=O) groups excluding carboxylic acids is 2. The zero-order chi connectivity index (χ0) is 16.4. The van der Waals surface area contributed by atoms with E-state index in [0.29, 0.717) is 24.6 Å². The van der Waals surface area contributed by atoms with Crippen molar-refractivity contribution in [2.75, 3.05) is 13.1 Å². The van der Waals surface area contributed by atoms with Crippen molar-refractivity contribution in [1.29, 1.82) is 0 Å². The molecule has 1 heterocycles. The maximum Gasteiger partial charge on any atom is 0.254 e. The lowest BCUT2D eigenvalue weighted by Crippen LogP contribution is -2.51. The summed E-state index contributed by atoms with van der Waals surface area (Å²) < 4.78 is 0.931. The first kappa shape index (κ1) is 16.5. The van der Waals surface area contributed by atoms with Gasteiger partial charge in [-0.15, -0.1) is 0 Å². The van der Waals surface area contributed by atoms with E-state index in [1.807, 2.05) is 12.1 Å². The predicted octanol–water partition coefficient (Wildman–Crippen LogP) is 1.91. The number of amides is 2. The normalized spacial score (nSPS) is 22.0. The molecule has 3 N–H and O–H groups in total. The van der Waals surface area contributed by atoms with Gasteiger partial charge in [-0.25, -0.2) is 0 Å². The Morgan fingerprint density at radius 3 is 2.57 bits per heavy atom. The molecular weight excluding hydrogens is 358 g/mol. The first-order chi connectivity index (χ1) is 11.1. The highest BCUT2D eigenvalue weighted by Crippen LogP contribution is 2.32. The lowest BCUT2D eigenvalue weighted by atomic mass is 10.1. The second-order valence-corrected chi connectivity index (χ2v) is 7.27. The Hall–Kier alpha value is -1.40. The van der Waals surface area contributed by atoms with Crippen LogP contribution in [0.3, 0.4) is 0 Å². The van der Waals surface area contributed by atoms with E-state index >= 15 is 0 Å². The Bertz CT molecular complexity index is 586. The zero-order valence-electron chi connectivity index (χ0n) is 13.0. The van der Waals surface area contributed by atoms with Crippen LogP contribution in [-0.2, 0) is 4.79 Å². The second kappa shape index (κ2) is 7.01. The number of carbonyl (C=O) groups is 2. The second-order valence-electron chi connectivity index (χ2n) is 6.35. The number of hydrogen-bond donors (Lipinski definition) is 2. The molecular formula is C17H22BrN3O2. The summed E-state index contributed by atoms with van der Waals surface area (Å²) in [5, 5.41) is 3.05. The van der Waals surface area contributed by atoms with E-state index < -0.39 is 0 Å². The first-order valence-electron chi connectivity index (χ1n) is 8.17. The molecule has 2 aliphatic rings. The molecule has 23 heavy (non-hydrogen) atoms. The van der Waals surface area contributed by atoms with Crippen LogP contribution in [0.15, 0.2) is 28.7 Å². The predicted molar refractivity (Wildman–Crippen MR) is 91.9 cm³/mol. The van der Waals surface area contributed by atoms with Gasteiger partial charge in [-0.3, -0.25) is 9.59 Å². The minimum atomic E-state index is -0.376. The minimum absolute atomic E-state index is 0.0488. The van der Waals surface area contributed by atoms with E-state index in [-0.39, 0.29) is 23.9 Å². The first-order valence-corrected chi connectivity index (χ1v) is 8.96. The Balaban J connectivity index is 1.67. The third kappa shape index (κ3) is 3.75. The SMILES string of the molecule is NCC(NC(=O)C1CCCN1C(=O)c1ccc(Br)cc1)C1CC1. The van der Waals surface area contributed by atoms with Crippen LogP contribution < -0.4 is 11.1 Å². The Morgan fingerprint density at radius 2 is 1.96 bits per heavy atom. The Labute approximate surface area is 144 Å². The van der Waals surface area contributed by atoms with Crippen molar-refractivity contribution in [3.8, 4) is 0 Å². The molecule has 0 spiro atoms. The van der Waals surface area contributed by atoms with Crippen molar-refractivity contribution < 1.29 is 9.59 Å². The molecule has 1 aromatic carbocycles. The summed E-state index contributed by atoms with van der Waals surface area (Å²) in [5.74, 6) is 0.377. The van der Waals surface area contributed by atoms with Crippen LogP contribution in [0.4, 0.5) is 0 Å². The summed E-state index contributed by atoms with van der Waals surface area (Å²) in [6.45, 7) is 1.09. The highest BCUT2D eigenvalue weighted by Gasteiger charge is 2.37. The van der Waals surface area contributed by atoms with Gasteiger partial charge in [0.15, 0.2) is 0 Å². The molecule has 124 valence electrons. The monoisotopic (exact) mass is 379 g/mol. The van der Waals surface area contributed by atoms with E-state index in [0.717, 1.165) is 30.2 Å². The molecule has 0 aromatic heterocycles. The molecule has 1 aromatic rings. The van der Waals surface area contributed by atoms with Crippen LogP contribution >= 0.6 is 15.9 Å². The van der Waals surface area contributed by atoms with Crippen LogP contribution in [0.2, 0.25) is 0 Å². The number of rotatable bonds is 5. The average molecular weight is 380 g/mol. The molecule has 2 amide bonds. The topological polar surface area (TPSA) is 75.4 Å². The molecule has 0 radical (unpaired) electrons. The highest BCUT2D eigenvalue weighted by molar-refractivity contribution is 9.10. The quantitative estimate of drug-likeness (QED) is 0.820. The van der Waals surface area contributed by atoms with Crippen LogP contribution in [0.5, 0.6) is 0 Å². The fraction of sp³-hybridized carbons (Fsp3) is 0.529. The number of nitrogens with one attached hydrogen (secondary N) is 1. The van der Waals surface area contributed by atoms with Gasteiger partial charge < -0.3 is 16.0 Å². The van der Waals surface area contributed by atoms with Crippen molar-refractivity contribution in [1.82, 2.24) is 10.2 Å². The molecule has 1 aliphatic carbocycles. The van der Waals surface area contributed by atoms with Gasteiger partial charge in [-0.05, 0) is 55.9 Å². The molecule has 2 fully saturated rings. The summed E-state index contributed by atoms with van der Waals surface area (Å²) in [6, 6.07) is 6.93. The van der Waals surface area contributed by atoms with Crippen molar-refractivity contribution in [3.05, 3.63) is 34.3 Å². The van der Waals surface area contributed by atoms with Crippen LogP contribution in [0.1, 0.15) is 36.0 Å². The van der Waals surface area contributed by atoms with Gasteiger partial charge >= 0.3 is 0 Å². The van der Waals surface area contributed by atoms with Crippen LogP contribution in [0, 0.1) is 5.92 Å². The van der Waals surface area contributed by atoms with Crippen molar-refractivity contribution >= 4 is 27.7 Å². The van der Waals surface area contributed by atoms with E-state index in [9.17, 15) is 9.59 Å². The number of hydrogen-bond acceptors (Lipinski definition) is 3. The molecule has 1 saturated carbocycles. The Morgan fingerprint density at radius 1 is 1.26 bits per heavy atom. The molecule has 5 nitrogen and oxygen atoms in total. The van der Waals surface area contributed by atoms with E-state index in [2.05, 4.69) is 21.2 Å². The lowest BCUT2D eigenvalue weighted by Gasteiger charge is -2.26. The smallest absolute Gasteiger partial charge is 0.254 e. The largest absolute Gasteiger partial charge is 0.350 e. The van der Waals surface area contributed by atoms with E-state index in [1.54, 1.807) is 17.0 Å². The van der Waals surface area contributed by atoms with Crippen molar-refractivity contribution in [2.24, 2.45) is 11.7 Å². The maximum absolute atomic E-state index is 12.7. The Kier molecular flexibility index (Phi) is 5.02. The number of likely N-dealkylation sites (tertiary alicyclic amines) is 1. The number of nitrogens with two attached hydrogens (primary N) is 1. The fourth-order valence-electron chi connectivity index (χ4n) is 3.19.